The molecular weight excluding hydrogens is 358 g/mol. The molecule has 0 fully saturated rings. The molecule has 0 bridgehead atoms. The van der Waals surface area contributed by atoms with E-state index in [1.807, 2.05) is 37.3 Å². The molecule has 144 valence electrons. The fourth-order valence-electron chi connectivity index (χ4n) is 2.99. The van der Waals surface area contributed by atoms with E-state index in [0.717, 1.165) is 28.7 Å². The second kappa shape index (κ2) is 8.85. The van der Waals surface area contributed by atoms with E-state index in [0.29, 0.717) is 31.1 Å². The maximum absolute atomic E-state index is 11.1. The number of carbonyl (C=O) groups is 2. The van der Waals surface area contributed by atoms with E-state index in [9.17, 15) is 9.59 Å². The van der Waals surface area contributed by atoms with Crippen LogP contribution < -0.4 is 10.1 Å². The molecule has 1 heterocycles. The van der Waals surface area contributed by atoms with Gasteiger partial charge in [-0.2, -0.15) is 0 Å². The fraction of sp³-hybridized carbons (Fsp3) is 0.190. The zero-order valence-electron chi connectivity index (χ0n) is 15.5. The summed E-state index contributed by atoms with van der Waals surface area (Å²) in [7, 11) is 0. The molecule has 3 aromatic rings. The number of carbonyl (C=O) groups excluding carboxylic acids is 1. The van der Waals surface area contributed by atoms with Crippen LogP contribution in [0.5, 0.6) is 5.75 Å². The first-order valence-corrected chi connectivity index (χ1v) is 8.84. The van der Waals surface area contributed by atoms with Crippen molar-refractivity contribution in [3.05, 3.63) is 77.4 Å². The average Bonchev–Trinajstić information content (AvgIpc) is 3.13. The van der Waals surface area contributed by atoms with Gasteiger partial charge in [-0.25, -0.2) is 9.78 Å². The third-order valence-corrected chi connectivity index (χ3v) is 4.48. The van der Waals surface area contributed by atoms with Crippen LogP contribution in [0.3, 0.4) is 0 Å². The Kier molecular flexibility index (Phi) is 6.06. The lowest BCUT2D eigenvalue weighted by atomic mass is 10.1. The van der Waals surface area contributed by atoms with Crippen LogP contribution in [0, 0.1) is 6.92 Å². The summed E-state index contributed by atoms with van der Waals surface area (Å²) >= 11 is 0. The Hall–Kier alpha value is -3.61. The van der Waals surface area contributed by atoms with Crippen molar-refractivity contribution >= 4 is 18.1 Å². The molecule has 0 atom stereocenters. The molecule has 0 radical (unpaired) electrons. The van der Waals surface area contributed by atoms with Crippen molar-refractivity contribution in [1.82, 2.24) is 9.55 Å². The smallest absolute Gasteiger partial charge is 0.409 e. The minimum absolute atomic E-state index is 0.383. The molecule has 3 rings (SSSR count). The predicted octanol–water partition coefficient (Wildman–Crippen LogP) is 3.76. The molecule has 7 heteroatoms. The fourth-order valence-corrected chi connectivity index (χ4v) is 2.99. The lowest BCUT2D eigenvalue weighted by molar-refractivity contribution is 0.111. The number of aromatic nitrogens is 2. The summed E-state index contributed by atoms with van der Waals surface area (Å²) < 4.78 is 7.73. The lowest BCUT2D eigenvalue weighted by Crippen LogP contribution is -2.11. The highest BCUT2D eigenvalue weighted by molar-refractivity contribution is 5.83. The number of aldehydes is 1. The van der Waals surface area contributed by atoms with Gasteiger partial charge in [-0.05, 0) is 35.7 Å². The second-order valence-corrected chi connectivity index (χ2v) is 6.26. The van der Waals surface area contributed by atoms with Gasteiger partial charge >= 0.3 is 6.09 Å². The minimum Gasteiger partial charge on any atom is -0.493 e. The van der Waals surface area contributed by atoms with Crippen LogP contribution in [0.2, 0.25) is 0 Å². The zero-order chi connectivity index (χ0) is 19.9. The van der Waals surface area contributed by atoms with Crippen LogP contribution in [-0.2, 0) is 13.0 Å². The highest BCUT2D eigenvalue weighted by Crippen LogP contribution is 2.23. The van der Waals surface area contributed by atoms with E-state index in [2.05, 4.69) is 10.3 Å². The Labute approximate surface area is 162 Å². The molecule has 0 aliphatic heterocycles. The molecule has 0 saturated carbocycles. The Bertz CT molecular complexity index is 981. The third kappa shape index (κ3) is 4.56. The van der Waals surface area contributed by atoms with Gasteiger partial charge in [-0.1, -0.05) is 30.3 Å². The van der Waals surface area contributed by atoms with Gasteiger partial charge in [0.15, 0.2) is 12.1 Å². The van der Waals surface area contributed by atoms with Gasteiger partial charge < -0.3 is 14.4 Å². The standard InChI is InChI=1S/C21H21N3O4/c1-15-17(13-24-11-10-22-20(24)14-25)6-4-8-19(15)28-12-9-16-5-2-3-7-18(16)23-21(26)27/h2-8,10-11,14,23H,9,12-13H2,1H3,(H,26,27). The van der Waals surface area contributed by atoms with Crippen LogP contribution in [0.25, 0.3) is 0 Å². The monoisotopic (exact) mass is 379 g/mol. The van der Waals surface area contributed by atoms with Crippen LogP contribution in [0.1, 0.15) is 27.3 Å². The highest BCUT2D eigenvalue weighted by atomic mass is 16.5. The number of para-hydroxylation sites is 1. The Balaban J connectivity index is 1.67. The average molecular weight is 379 g/mol. The number of anilines is 1. The summed E-state index contributed by atoms with van der Waals surface area (Å²) in [4.78, 5) is 26.0. The molecule has 2 N–H and O–H groups in total. The lowest BCUT2D eigenvalue weighted by Gasteiger charge is -2.14. The number of nitrogens with zero attached hydrogens (tertiary/aromatic N) is 2. The van der Waals surface area contributed by atoms with E-state index in [1.54, 1.807) is 29.1 Å². The summed E-state index contributed by atoms with van der Waals surface area (Å²) in [6, 6.07) is 13.0. The normalized spacial score (nSPS) is 10.5. The van der Waals surface area contributed by atoms with E-state index in [-0.39, 0.29) is 0 Å². The Morgan fingerprint density at radius 3 is 2.79 bits per heavy atom. The summed E-state index contributed by atoms with van der Waals surface area (Å²) in [6.07, 6.45) is 3.58. The molecule has 2 aromatic carbocycles. The van der Waals surface area contributed by atoms with E-state index < -0.39 is 6.09 Å². The van der Waals surface area contributed by atoms with Gasteiger partial charge in [0.2, 0.25) is 0 Å². The van der Waals surface area contributed by atoms with Gasteiger partial charge in [0.05, 0.1) is 6.61 Å². The van der Waals surface area contributed by atoms with Crippen molar-refractivity contribution < 1.29 is 19.4 Å². The largest absolute Gasteiger partial charge is 0.493 e. The van der Waals surface area contributed by atoms with Crippen molar-refractivity contribution in [2.75, 3.05) is 11.9 Å². The summed E-state index contributed by atoms with van der Waals surface area (Å²) in [5.74, 6) is 1.14. The number of rotatable bonds is 8. The maximum Gasteiger partial charge on any atom is 0.409 e. The number of imidazole rings is 1. The molecular formula is C21H21N3O4. The molecule has 1 aromatic heterocycles. The molecule has 0 aliphatic carbocycles. The van der Waals surface area contributed by atoms with Crippen molar-refractivity contribution in [2.24, 2.45) is 0 Å². The van der Waals surface area contributed by atoms with Crippen LogP contribution in [0.4, 0.5) is 10.5 Å². The molecule has 1 amide bonds. The number of ether oxygens (including phenoxy) is 1. The SMILES string of the molecule is Cc1c(Cn2ccnc2C=O)cccc1OCCc1ccccc1NC(=O)O. The highest BCUT2D eigenvalue weighted by Gasteiger charge is 2.09. The van der Waals surface area contributed by atoms with Gasteiger partial charge in [0.1, 0.15) is 5.75 Å². The van der Waals surface area contributed by atoms with Crippen LogP contribution >= 0.6 is 0 Å². The summed E-state index contributed by atoms with van der Waals surface area (Å²) in [5.41, 5.74) is 3.45. The van der Waals surface area contributed by atoms with Gasteiger partial charge in [0.25, 0.3) is 0 Å². The van der Waals surface area contributed by atoms with E-state index in [4.69, 9.17) is 9.84 Å². The van der Waals surface area contributed by atoms with Crippen molar-refractivity contribution in [1.29, 1.82) is 0 Å². The van der Waals surface area contributed by atoms with E-state index in [1.165, 1.54) is 0 Å². The van der Waals surface area contributed by atoms with Crippen LogP contribution in [0.15, 0.2) is 54.9 Å². The number of hydrogen-bond acceptors (Lipinski definition) is 4. The molecule has 0 unspecified atom stereocenters. The first-order valence-electron chi connectivity index (χ1n) is 8.84. The Morgan fingerprint density at radius 2 is 2.00 bits per heavy atom. The molecule has 0 saturated heterocycles. The number of benzene rings is 2. The molecule has 0 aliphatic rings. The first-order chi connectivity index (χ1) is 13.6. The molecule has 0 spiro atoms. The van der Waals surface area contributed by atoms with Crippen molar-refractivity contribution in [3.63, 3.8) is 0 Å². The number of nitrogens with one attached hydrogen (secondary N) is 1. The van der Waals surface area contributed by atoms with Crippen molar-refractivity contribution in [2.45, 2.75) is 19.9 Å². The van der Waals surface area contributed by atoms with Crippen LogP contribution in [-0.4, -0.2) is 33.6 Å². The number of hydrogen-bond donors (Lipinski definition) is 2. The molecule has 28 heavy (non-hydrogen) atoms. The third-order valence-electron chi connectivity index (χ3n) is 4.48. The summed E-state index contributed by atoms with van der Waals surface area (Å²) in [6.45, 7) is 2.91. The quantitative estimate of drug-likeness (QED) is 0.581. The number of carboxylic acid groups (broad SMARTS) is 1. The zero-order valence-corrected chi connectivity index (χ0v) is 15.5. The van der Waals surface area contributed by atoms with E-state index >= 15 is 0 Å². The minimum atomic E-state index is -1.09. The second-order valence-electron chi connectivity index (χ2n) is 6.26. The van der Waals surface area contributed by atoms with Gasteiger partial charge in [0, 0.05) is 31.0 Å². The van der Waals surface area contributed by atoms with Gasteiger partial charge in [-0.15, -0.1) is 0 Å². The Morgan fingerprint density at radius 1 is 1.21 bits per heavy atom. The topological polar surface area (TPSA) is 93.5 Å². The molecule has 7 nitrogen and oxygen atoms in total. The summed E-state index contributed by atoms with van der Waals surface area (Å²) in [5, 5.41) is 11.3. The predicted molar refractivity (Wildman–Crippen MR) is 105 cm³/mol. The maximum atomic E-state index is 11.1. The van der Waals surface area contributed by atoms with Gasteiger partial charge in [-0.3, -0.25) is 10.1 Å². The van der Waals surface area contributed by atoms with Crippen molar-refractivity contribution in [3.8, 4) is 5.75 Å². The number of amides is 1. The first kappa shape index (κ1) is 19.2.